The van der Waals surface area contributed by atoms with E-state index in [4.69, 9.17) is 11.6 Å². The van der Waals surface area contributed by atoms with Crippen LogP contribution in [0.2, 0.25) is 5.02 Å². The fourth-order valence-electron chi connectivity index (χ4n) is 1.45. The zero-order valence-electron chi connectivity index (χ0n) is 7.79. The summed E-state index contributed by atoms with van der Waals surface area (Å²) in [7, 11) is 0. The molecule has 1 unspecified atom stereocenters. The molecule has 2 rings (SSSR count). The van der Waals surface area contributed by atoms with Crippen molar-refractivity contribution in [3.05, 3.63) is 34.9 Å². The van der Waals surface area contributed by atoms with E-state index < -0.39 is 11.7 Å². The fraction of sp³-hybridized carbons (Fsp3) is 0.200. The lowest BCUT2D eigenvalue weighted by Gasteiger charge is -2.23. The number of halogens is 1. The summed E-state index contributed by atoms with van der Waals surface area (Å²) in [6.07, 6.45) is 0.174. The van der Waals surface area contributed by atoms with Gasteiger partial charge in [-0.3, -0.25) is 15.0 Å². The summed E-state index contributed by atoms with van der Waals surface area (Å²) in [4.78, 5) is 22.0. The summed E-state index contributed by atoms with van der Waals surface area (Å²) in [5, 5.41) is 0.643. The van der Waals surface area contributed by atoms with Gasteiger partial charge in [0.05, 0.1) is 6.04 Å². The first kappa shape index (κ1) is 10.1. The second-order valence-electron chi connectivity index (χ2n) is 3.33. The van der Waals surface area contributed by atoms with Crippen LogP contribution in [0, 0.1) is 0 Å². The van der Waals surface area contributed by atoms with E-state index in [9.17, 15) is 9.59 Å². The summed E-state index contributed by atoms with van der Waals surface area (Å²) in [5.41, 5.74) is 6.02. The number of Topliss-reactive ketones (excluding diaryl/α,β-unsaturated/α-hetero) is 1. The molecule has 1 aromatic rings. The molecule has 0 radical (unpaired) electrons. The third kappa shape index (κ3) is 2.16. The molecule has 1 aromatic carbocycles. The summed E-state index contributed by atoms with van der Waals surface area (Å²) in [6, 6.07) is 6.97. The van der Waals surface area contributed by atoms with Crippen LogP contribution in [-0.4, -0.2) is 11.7 Å². The van der Waals surface area contributed by atoms with Crippen molar-refractivity contribution in [1.29, 1.82) is 0 Å². The molecule has 1 amide bonds. The standard InChI is InChI=1S/C10H9ClN2O2/c11-7-3-1-6(2-4-7)8-5-9(14)10(15)13-12-8/h1-4,8,12H,5H2,(H,13,15). The van der Waals surface area contributed by atoms with Crippen molar-refractivity contribution in [3.63, 3.8) is 0 Å². The molecule has 78 valence electrons. The molecular formula is C10H9ClN2O2. The molecule has 0 saturated carbocycles. The van der Waals surface area contributed by atoms with Crippen molar-refractivity contribution < 1.29 is 9.59 Å². The van der Waals surface area contributed by atoms with Crippen molar-refractivity contribution in [2.24, 2.45) is 0 Å². The Hall–Kier alpha value is -1.39. The number of benzene rings is 1. The Labute approximate surface area is 91.6 Å². The normalized spacial score (nSPS) is 21.3. The van der Waals surface area contributed by atoms with E-state index in [1.165, 1.54) is 0 Å². The summed E-state index contributed by atoms with van der Waals surface area (Å²) < 4.78 is 0. The van der Waals surface area contributed by atoms with Crippen molar-refractivity contribution in [2.45, 2.75) is 12.5 Å². The van der Waals surface area contributed by atoms with E-state index in [-0.39, 0.29) is 12.5 Å². The van der Waals surface area contributed by atoms with E-state index in [1.807, 2.05) is 12.1 Å². The van der Waals surface area contributed by atoms with Gasteiger partial charge < -0.3 is 0 Å². The number of amides is 1. The predicted octanol–water partition coefficient (Wildman–Crippen LogP) is 0.975. The van der Waals surface area contributed by atoms with Crippen molar-refractivity contribution in [3.8, 4) is 0 Å². The zero-order valence-corrected chi connectivity index (χ0v) is 8.54. The number of hydrazine groups is 1. The maximum absolute atomic E-state index is 11.2. The molecule has 1 fully saturated rings. The minimum Gasteiger partial charge on any atom is -0.289 e. The molecule has 0 aromatic heterocycles. The quantitative estimate of drug-likeness (QED) is 0.699. The van der Waals surface area contributed by atoms with Gasteiger partial charge in [0.1, 0.15) is 0 Å². The lowest BCUT2D eigenvalue weighted by atomic mass is 10.0. The van der Waals surface area contributed by atoms with Gasteiger partial charge in [-0.1, -0.05) is 23.7 Å². The lowest BCUT2D eigenvalue weighted by Crippen LogP contribution is -2.49. The van der Waals surface area contributed by atoms with Crippen LogP contribution in [0.4, 0.5) is 0 Å². The number of ketones is 1. The van der Waals surface area contributed by atoms with Gasteiger partial charge in [-0.2, -0.15) is 0 Å². The molecule has 1 saturated heterocycles. The third-order valence-corrected chi connectivity index (χ3v) is 2.53. The first-order chi connectivity index (χ1) is 7.16. The number of rotatable bonds is 1. The molecule has 0 aliphatic carbocycles. The Kier molecular flexibility index (Phi) is 2.70. The highest BCUT2D eigenvalue weighted by molar-refractivity contribution is 6.36. The van der Waals surface area contributed by atoms with Crippen molar-refractivity contribution in [1.82, 2.24) is 10.9 Å². The smallest absolute Gasteiger partial charge is 0.289 e. The Bertz CT molecular complexity index is 402. The van der Waals surface area contributed by atoms with Gasteiger partial charge in [0.2, 0.25) is 5.78 Å². The van der Waals surface area contributed by atoms with Crippen LogP contribution in [0.25, 0.3) is 0 Å². The SMILES string of the molecule is O=C1CC(c2ccc(Cl)cc2)NNC1=O. The van der Waals surface area contributed by atoms with Crippen LogP contribution in [0.15, 0.2) is 24.3 Å². The second-order valence-corrected chi connectivity index (χ2v) is 3.77. The Morgan fingerprint density at radius 2 is 1.87 bits per heavy atom. The fourth-order valence-corrected chi connectivity index (χ4v) is 1.57. The van der Waals surface area contributed by atoms with Gasteiger partial charge in [0.15, 0.2) is 0 Å². The van der Waals surface area contributed by atoms with Crippen LogP contribution >= 0.6 is 11.6 Å². The number of hydrogen-bond acceptors (Lipinski definition) is 3. The largest absolute Gasteiger partial charge is 0.301 e. The van der Waals surface area contributed by atoms with Crippen molar-refractivity contribution in [2.75, 3.05) is 0 Å². The molecule has 5 heteroatoms. The van der Waals surface area contributed by atoms with Crippen LogP contribution in [-0.2, 0) is 9.59 Å². The van der Waals surface area contributed by atoms with Crippen LogP contribution in [0.1, 0.15) is 18.0 Å². The maximum atomic E-state index is 11.2. The maximum Gasteiger partial charge on any atom is 0.301 e. The van der Waals surface area contributed by atoms with Gasteiger partial charge in [0, 0.05) is 11.4 Å². The van der Waals surface area contributed by atoms with Gasteiger partial charge in [-0.05, 0) is 17.7 Å². The van der Waals surface area contributed by atoms with Gasteiger partial charge in [0.25, 0.3) is 0 Å². The summed E-state index contributed by atoms with van der Waals surface area (Å²) >= 11 is 5.75. The topological polar surface area (TPSA) is 58.2 Å². The number of hydrogen-bond donors (Lipinski definition) is 2. The molecule has 1 heterocycles. The van der Waals surface area contributed by atoms with E-state index in [2.05, 4.69) is 10.9 Å². The number of carbonyl (C=O) groups excluding carboxylic acids is 2. The molecule has 1 atom stereocenters. The summed E-state index contributed by atoms with van der Waals surface area (Å²) in [6.45, 7) is 0. The molecule has 2 N–H and O–H groups in total. The third-order valence-electron chi connectivity index (χ3n) is 2.28. The van der Waals surface area contributed by atoms with Gasteiger partial charge in [-0.25, -0.2) is 5.43 Å². The molecule has 1 aliphatic heterocycles. The summed E-state index contributed by atoms with van der Waals surface area (Å²) in [5.74, 6) is -0.992. The van der Waals surface area contributed by atoms with Gasteiger partial charge in [-0.15, -0.1) is 0 Å². The Balaban J connectivity index is 2.15. The highest BCUT2D eigenvalue weighted by Crippen LogP contribution is 2.20. The zero-order chi connectivity index (χ0) is 10.8. The molecule has 15 heavy (non-hydrogen) atoms. The van der Waals surface area contributed by atoms with Crippen LogP contribution < -0.4 is 10.9 Å². The van der Waals surface area contributed by atoms with Crippen LogP contribution in [0.5, 0.6) is 0 Å². The van der Waals surface area contributed by atoms with E-state index in [1.54, 1.807) is 12.1 Å². The highest BCUT2D eigenvalue weighted by Gasteiger charge is 2.26. The molecule has 1 aliphatic rings. The van der Waals surface area contributed by atoms with E-state index in [0.29, 0.717) is 5.02 Å². The van der Waals surface area contributed by atoms with Crippen LogP contribution in [0.3, 0.4) is 0 Å². The second kappa shape index (κ2) is 4.00. The minimum atomic E-state index is -0.583. The average molecular weight is 225 g/mol. The number of carbonyl (C=O) groups is 2. The van der Waals surface area contributed by atoms with E-state index >= 15 is 0 Å². The van der Waals surface area contributed by atoms with E-state index in [0.717, 1.165) is 5.56 Å². The average Bonchev–Trinajstić information content (AvgIpc) is 2.23. The highest BCUT2D eigenvalue weighted by atomic mass is 35.5. The first-order valence-corrected chi connectivity index (χ1v) is 4.89. The Morgan fingerprint density at radius 3 is 2.47 bits per heavy atom. The monoisotopic (exact) mass is 224 g/mol. The lowest BCUT2D eigenvalue weighted by molar-refractivity contribution is -0.141. The predicted molar refractivity (Wildman–Crippen MR) is 55.1 cm³/mol. The van der Waals surface area contributed by atoms with Gasteiger partial charge >= 0.3 is 5.91 Å². The molecule has 0 bridgehead atoms. The minimum absolute atomic E-state index is 0.174. The molecule has 0 spiro atoms. The first-order valence-electron chi connectivity index (χ1n) is 4.51. The molecular weight excluding hydrogens is 216 g/mol. The Morgan fingerprint density at radius 1 is 1.20 bits per heavy atom. The van der Waals surface area contributed by atoms with Crippen molar-refractivity contribution >= 4 is 23.3 Å². The molecule has 4 nitrogen and oxygen atoms in total. The number of nitrogens with one attached hydrogen (secondary N) is 2.